The van der Waals surface area contributed by atoms with Crippen molar-refractivity contribution in [2.45, 2.75) is 51.4 Å². The summed E-state index contributed by atoms with van der Waals surface area (Å²) >= 11 is 0. The molecule has 0 amide bonds. The number of hydrogen-bond acceptors (Lipinski definition) is 4. The molecule has 0 radical (unpaired) electrons. The summed E-state index contributed by atoms with van der Waals surface area (Å²) in [5.41, 5.74) is 0. The van der Waals surface area contributed by atoms with Gasteiger partial charge in [-0.1, -0.05) is 20.8 Å². The molecule has 0 aromatic carbocycles. The van der Waals surface area contributed by atoms with Gasteiger partial charge in [0.2, 0.25) is 0 Å². The lowest BCUT2D eigenvalue weighted by Crippen LogP contribution is -2.43. The van der Waals surface area contributed by atoms with Gasteiger partial charge in [0, 0.05) is 6.42 Å². The Morgan fingerprint density at radius 1 is 1.53 bits per heavy atom. The molecule has 1 atom stereocenters. The van der Waals surface area contributed by atoms with Gasteiger partial charge in [-0.3, -0.25) is 0 Å². The van der Waals surface area contributed by atoms with Gasteiger partial charge in [-0.25, -0.2) is 4.79 Å². The van der Waals surface area contributed by atoms with Gasteiger partial charge in [0.1, 0.15) is 11.9 Å². The second-order valence-electron chi connectivity index (χ2n) is 5.97. The van der Waals surface area contributed by atoms with Crippen LogP contribution in [0, 0.1) is 0 Å². The van der Waals surface area contributed by atoms with E-state index in [0.29, 0.717) is 13.0 Å². The smallest absolute Gasteiger partial charge is 0.334 e. The molecule has 1 aliphatic heterocycles. The van der Waals surface area contributed by atoms with E-state index in [9.17, 15) is 9.90 Å². The van der Waals surface area contributed by atoms with Crippen molar-refractivity contribution in [1.29, 1.82) is 0 Å². The number of carbonyl (C=O) groups is 1. The van der Waals surface area contributed by atoms with E-state index in [1.807, 2.05) is 0 Å². The molecule has 0 bridgehead atoms. The maximum Gasteiger partial charge on any atom is 0.334 e. The van der Waals surface area contributed by atoms with Crippen LogP contribution in [0.25, 0.3) is 0 Å². The molecule has 1 aliphatic rings. The fourth-order valence-corrected chi connectivity index (χ4v) is 2.31. The normalized spacial score (nSPS) is 22.1. The minimum atomic E-state index is -1.83. The highest BCUT2D eigenvalue weighted by molar-refractivity contribution is 6.74. The molecule has 1 N–H and O–H groups in total. The third kappa shape index (κ3) is 3.85. The number of aliphatic hydroxyl groups is 1. The van der Waals surface area contributed by atoms with Gasteiger partial charge < -0.3 is 14.3 Å². The highest BCUT2D eigenvalue weighted by atomic mass is 28.4. The van der Waals surface area contributed by atoms with E-state index >= 15 is 0 Å². The summed E-state index contributed by atoms with van der Waals surface area (Å²) in [6.07, 6.45) is 1.10. The van der Waals surface area contributed by atoms with Gasteiger partial charge in [-0.2, -0.15) is 0 Å². The van der Waals surface area contributed by atoms with Crippen LogP contribution in [0.2, 0.25) is 18.1 Å². The molecule has 0 saturated carbocycles. The summed E-state index contributed by atoms with van der Waals surface area (Å²) in [7, 11) is -1.83. The van der Waals surface area contributed by atoms with Crippen LogP contribution >= 0.6 is 0 Å². The highest BCUT2D eigenvalue weighted by Crippen LogP contribution is 2.36. The minimum Gasteiger partial charge on any atom is -0.512 e. The van der Waals surface area contributed by atoms with Gasteiger partial charge >= 0.3 is 5.97 Å². The summed E-state index contributed by atoms with van der Waals surface area (Å²) in [6.45, 7) is 11.1. The van der Waals surface area contributed by atoms with Crippen LogP contribution in [-0.4, -0.2) is 32.1 Å². The van der Waals surface area contributed by atoms with E-state index in [0.717, 1.165) is 6.08 Å². The Labute approximate surface area is 104 Å². The summed E-state index contributed by atoms with van der Waals surface area (Å²) in [6, 6.07) is 0. The van der Waals surface area contributed by atoms with Crippen molar-refractivity contribution in [1.82, 2.24) is 0 Å². The van der Waals surface area contributed by atoms with Crippen molar-refractivity contribution in [3.63, 3.8) is 0 Å². The van der Waals surface area contributed by atoms with Crippen molar-refractivity contribution >= 4 is 14.3 Å². The maximum atomic E-state index is 11.1. The van der Waals surface area contributed by atoms with Gasteiger partial charge in [0.15, 0.2) is 8.32 Å². The Morgan fingerprint density at radius 3 is 2.59 bits per heavy atom. The molecule has 5 heteroatoms. The van der Waals surface area contributed by atoms with Crippen molar-refractivity contribution in [3.8, 4) is 0 Å². The summed E-state index contributed by atoms with van der Waals surface area (Å²) < 4.78 is 11.0. The Balaban J connectivity index is 2.53. The third-order valence-corrected chi connectivity index (χ3v) is 7.94. The Hall–Kier alpha value is -0.813. The van der Waals surface area contributed by atoms with Crippen LogP contribution in [-0.2, 0) is 14.0 Å². The fraction of sp³-hybridized carbons (Fsp3) is 0.750. The molecule has 0 aromatic rings. The Bertz CT molecular complexity index is 328. The molecule has 17 heavy (non-hydrogen) atoms. The second-order valence-corrected chi connectivity index (χ2v) is 10.8. The highest BCUT2D eigenvalue weighted by Gasteiger charge is 2.38. The molecule has 1 heterocycles. The van der Waals surface area contributed by atoms with Crippen LogP contribution < -0.4 is 0 Å². The van der Waals surface area contributed by atoms with Crippen LogP contribution in [0.5, 0.6) is 0 Å². The molecule has 0 aromatic heterocycles. The van der Waals surface area contributed by atoms with Gasteiger partial charge in [-0.05, 0) is 18.1 Å². The minimum absolute atomic E-state index is 0.0741. The van der Waals surface area contributed by atoms with Crippen molar-refractivity contribution in [2.75, 3.05) is 6.61 Å². The van der Waals surface area contributed by atoms with Crippen molar-refractivity contribution < 1.29 is 19.1 Å². The molecule has 0 spiro atoms. The quantitative estimate of drug-likeness (QED) is 0.624. The number of ether oxygens (including phenoxy) is 1. The zero-order chi connectivity index (χ0) is 13.3. The standard InChI is InChI=1S/C12H22O4Si/c1-12(2,3)17(4,5)15-8-10-6-9(13)7-11(14)16-10/h7,10,13H,6,8H2,1-5H3. The molecule has 1 unspecified atom stereocenters. The first-order chi connectivity index (χ1) is 7.62. The lowest BCUT2D eigenvalue weighted by molar-refractivity contribution is -0.146. The molecule has 0 saturated heterocycles. The summed E-state index contributed by atoms with van der Waals surface area (Å²) in [5.74, 6) is -0.414. The molecule has 1 rings (SSSR count). The SMILES string of the molecule is CC(C)(C)[Si](C)(C)OCC1CC(O)=CC(=O)O1. The summed E-state index contributed by atoms with van der Waals surface area (Å²) in [4.78, 5) is 11.1. The number of esters is 1. The van der Waals surface area contributed by atoms with Crippen LogP contribution in [0.15, 0.2) is 11.8 Å². The summed E-state index contributed by atoms with van der Waals surface area (Å²) in [5, 5.41) is 9.48. The number of hydrogen-bond donors (Lipinski definition) is 1. The average Bonchev–Trinajstić information content (AvgIpc) is 2.11. The number of rotatable bonds is 3. The molecular formula is C12H22O4Si. The first-order valence-corrected chi connectivity index (χ1v) is 8.77. The Kier molecular flexibility index (Phi) is 4.04. The van der Waals surface area contributed by atoms with Crippen LogP contribution in [0.3, 0.4) is 0 Å². The van der Waals surface area contributed by atoms with Crippen molar-refractivity contribution in [3.05, 3.63) is 11.8 Å². The molecule has 4 nitrogen and oxygen atoms in total. The number of carbonyl (C=O) groups excluding carboxylic acids is 1. The van der Waals surface area contributed by atoms with Crippen molar-refractivity contribution in [2.24, 2.45) is 0 Å². The predicted octanol–water partition coefficient (Wildman–Crippen LogP) is 2.77. The second kappa shape index (κ2) is 4.82. The number of aliphatic hydroxyl groups excluding tert-OH is 1. The molecule has 0 fully saturated rings. The fourth-order valence-electron chi connectivity index (χ4n) is 1.28. The lowest BCUT2D eigenvalue weighted by Gasteiger charge is -2.37. The maximum absolute atomic E-state index is 11.1. The molecule has 98 valence electrons. The first kappa shape index (κ1) is 14.2. The predicted molar refractivity (Wildman–Crippen MR) is 68.4 cm³/mol. The van der Waals surface area contributed by atoms with E-state index in [2.05, 4.69) is 33.9 Å². The molecular weight excluding hydrogens is 236 g/mol. The zero-order valence-corrected chi connectivity index (χ0v) is 12.2. The topological polar surface area (TPSA) is 55.8 Å². The first-order valence-electron chi connectivity index (χ1n) is 5.86. The third-order valence-electron chi connectivity index (χ3n) is 3.44. The van der Waals surface area contributed by atoms with Gasteiger partial charge in [0.05, 0.1) is 12.7 Å². The van der Waals surface area contributed by atoms with E-state index in [1.54, 1.807) is 0 Å². The lowest BCUT2D eigenvalue weighted by atomic mass is 10.2. The number of cyclic esters (lactones) is 1. The van der Waals surface area contributed by atoms with E-state index in [1.165, 1.54) is 0 Å². The van der Waals surface area contributed by atoms with E-state index in [4.69, 9.17) is 9.16 Å². The van der Waals surface area contributed by atoms with E-state index in [-0.39, 0.29) is 16.9 Å². The monoisotopic (exact) mass is 258 g/mol. The largest absolute Gasteiger partial charge is 0.512 e. The molecule has 0 aliphatic carbocycles. The van der Waals surface area contributed by atoms with Gasteiger partial charge in [0.25, 0.3) is 0 Å². The van der Waals surface area contributed by atoms with Gasteiger partial charge in [-0.15, -0.1) is 0 Å². The average molecular weight is 258 g/mol. The van der Waals surface area contributed by atoms with E-state index < -0.39 is 14.3 Å². The Morgan fingerprint density at radius 2 is 2.12 bits per heavy atom. The zero-order valence-electron chi connectivity index (χ0n) is 11.2. The van der Waals surface area contributed by atoms with Crippen LogP contribution in [0.1, 0.15) is 27.2 Å². The van der Waals surface area contributed by atoms with Crippen LogP contribution in [0.4, 0.5) is 0 Å².